The van der Waals surface area contributed by atoms with Crippen LogP contribution >= 0.6 is 11.8 Å². The van der Waals surface area contributed by atoms with Crippen LogP contribution < -0.4 is 5.73 Å². The van der Waals surface area contributed by atoms with Gasteiger partial charge in [-0.2, -0.15) is 0 Å². The third kappa shape index (κ3) is 3.25. The Hall–Kier alpha value is -2.96. The fourth-order valence-electron chi connectivity index (χ4n) is 3.08. The zero-order valence-electron chi connectivity index (χ0n) is 14.5. The van der Waals surface area contributed by atoms with Gasteiger partial charge in [0.15, 0.2) is 0 Å². The SMILES string of the molecule is COC1/C(=C/c2ccc(-c3ccc(O)c(C(N)=O)c3)o2)Sc2ccccc21. The van der Waals surface area contributed by atoms with Crippen molar-refractivity contribution in [3.63, 3.8) is 0 Å². The van der Waals surface area contributed by atoms with E-state index in [2.05, 4.69) is 12.1 Å². The third-order valence-corrected chi connectivity index (χ3v) is 5.54. The smallest absolute Gasteiger partial charge is 0.252 e. The number of hydrogen-bond acceptors (Lipinski definition) is 5. The predicted molar refractivity (Wildman–Crippen MR) is 104 cm³/mol. The number of methoxy groups -OCH3 is 1. The van der Waals surface area contributed by atoms with Gasteiger partial charge in [0.25, 0.3) is 5.91 Å². The maximum Gasteiger partial charge on any atom is 0.252 e. The van der Waals surface area contributed by atoms with E-state index in [1.807, 2.05) is 30.3 Å². The number of aromatic hydroxyl groups is 1. The Bertz CT molecular complexity index is 1050. The Morgan fingerprint density at radius 3 is 2.81 bits per heavy atom. The van der Waals surface area contributed by atoms with Crippen LogP contribution in [-0.2, 0) is 4.74 Å². The van der Waals surface area contributed by atoms with Gasteiger partial charge in [0.2, 0.25) is 0 Å². The summed E-state index contributed by atoms with van der Waals surface area (Å²) in [7, 11) is 1.69. The number of furan rings is 1. The number of carbonyl (C=O) groups is 1. The van der Waals surface area contributed by atoms with Gasteiger partial charge in [-0.25, -0.2) is 0 Å². The molecule has 1 aromatic heterocycles. The van der Waals surface area contributed by atoms with E-state index in [-0.39, 0.29) is 17.4 Å². The number of thioether (sulfide) groups is 1. The van der Waals surface area contributed by atoms with Crippen LogP contribution in [0.2, 0.25) is 0 Å². The molecule has 6 heteroatoms. The van der Waals surface area contributed by atoms with Crippen molar-refractivity contribution in [2.24, 2.45) is 5.73 Å². The van der Waals surface area contributed by atoms with E-state index in [4.69, 9.17) is 14.9 Å². The zero-order chi connectivity index (χ0) is 19.0. The molecule has 3 N–H and O–H groups in total. The summed E-state index contributed by atoms with van der Waals surface area (Å²) in [5.41, 5.74) is 7.16. The fraction of sp³-hybridized carbons (Fsp3) is 0.0952. The van der Waals surface area contributed by atoms with E-state index in [1.54, 1.807) is 24.9 Å². The normalized spacial score (nSPS) is 17.2. The fourth-order valence-corrected chi connectivity index (χ4v) is 4.28. The van der Waals surface area contributed by atoms with Crippen molar-refractivity contribution >= 4 is 23.7 Å². The highest BCUT2D eigenvalue weighted by atomic mass is 32.2. The highest BCUT2D eigenvalue weighted by Crippen LogP contribution is 2.49. The van der Waals surface area contributed by atoms with E-state index >= 15 is 0 Å². The number of amides is 1. The first-order chi connectivity index (χ1) is 13.1. The van der Waals surface area contributed by atoms with Crippen LogP contribution in [0.5, 0.6) is 5.75 Å². The summed E-state index contributed by atoms with van der Waals surface area (Å²) in [6, 6.07) is 16.4. The Balaban J connectivity index is 1.65. The maximum absolute atomic E-state index is 11.4. The van der Waals surface area contributed by atoms with Crippen molar-refractivity contribution in [2.75, 3.05) is 7.11 Å². The number of primary amides is 1. The van der Waals surface area contributed by atoms with Gasteiger partial charge in [0.1, 0.15) is 23.4 Å². The van der Waals surface area contributed by atoms with Gasteiger partial charge in [-0.15, -0.1) is 0 Å². The Labute approximate surface area is 160 Å². The molecule has 2 aromatic carbocycles. The minimum absolute atomic E-state index is 0.0602. The number of benzene rings is 2. The molecule has 0 bridgehead atoms. The molecule has 27 heavy (non-hydrogen) atoms. The van der Waals surface area contributed by atoms with Gasteiger partial charge < -0.3 is 20.0 Å². The molecule has 1 atom stereocenters. The number of ether oxygens (including phenoxy) is 1. The predicted octanol–water partition coefficient (Wildman–Crippen LogP) is 4.59. The van der Waals surface area contributed by atoms with Crippen molar-refractivity contribution in [3.8, 4) is 17.1 Å². The van der Waals surface area contributed by atoms with E-state index < -0.39 is 5.91 Å². The minimum atomic E-state index is -0.689. The number of fused-ring (bicyclic) bond motifs is 1. The van der Waals surface area contributed by atoms with E-state index in [0.29, 0.717) is 17.1 Å². The van der Waals surface area contributed by atoms with Crippen molar-refractivity contribution in [1.82, 2.24) is 0 Å². The molecular weight excluding hydrogens is 362 g/mol. The number of rotatable bonds is 4. The van der Waals surface area contributed by atoms with E-state index in [0.717, 1.165) is 10.5 Å². The van der Waals surface area contributed by atoms with Crippen LogP contribution in [0.1, 0.15) is 27.8 Å². The molecule has 2 heterocycles. The van der Waals surface area contributed by atoms with Crippen LogP contribution in [0, 0.1) is 0 Å². The van der Waals surface area contributed by atoms with Gasteiger partial charge >= 0.3 is 0 Å². The van der Waals surface area contributed by atoms with Gasteiger partial charge in [-0.1, -0.05) is 30.0 Å². The molecule has 1 aliphatic heterocycles. The Morgan fingerprint density at radius 2 is 2.04 bits per heavy atom. The van der Waals surface area contributed by atoms with Crippen molar-refractivity contribution < 1.29 is 19.1 Å². The quantitative estimate of drug-likeness (QED) is 0.693. The molecule has 0 saturated carbocycles. The standard InChI is InChI=1S/C21H17NO4S/c1-25-20-14-4-2-3-5-18(14)27-19(20)11-13-7-9-17(26-13)12-6-8-16(23)15(10-12)21(22)24/h2-11,20,23H,1H3,(H2,22,24)/b19-11-. The molecule has 4 rings (SSSR count). The lowest BCUT2D eigenvalue weighted by Crippen LogP contribution is -2.11. The first-order valence-electron chi connectivity index (χ1n) is 8.31. The lowest BCUT2D eigenvalue weighted by Gasteiger charge is -2.09. The molecule has 136 valence electrons. The van der Waals surface area contributed by atoms with Crippen LogP contribution in [0.4, 0.5) is 0 Å². The van der Waals surface area contributed by atoms with Crippen LogP contribution in [-0.4, -0.2) is 18.1 Å². The molecule has 0 saturated heterocycles. The molecule has 1 unspecified atom stereocenters. The third-order valence-electron chi connectivity index (χ3n) is 4.38. The second-order valence-electron chi connectivity index (χ2n) is 6.10. The Morgan fingerprint density at radius 1 is 1.22 bits per heavy atom. The van der Waals surface area contributed by atoms with Crippen molar-refractivity contribution in [1.29, 1.82) is 0 Å². The second-order valence-corrected chi connectivity index (χ2v) is 7.22. The summed E-state index contributed by atoms with van der Waals surface area (Å²) in [4.78, 5) is 13.6. The molecule has 1 amide bonds. The number of nitrogens with two attached hydrogens (primary N) is 1. The molecule has 0 aliphatic carbocycles. The average molecular weight is 379 g/mol. The zero-order valence-corrected chi connectivity index (χ0v) is 15.3. The number of hydrogen-bond donors (Lipinski definition) is 2. The summed E-state index contributed by atoms with van der Waals surface area (Å²) < 4.78 is 11.6. The van der Waals surface area contributed by atoms with E-state index in [1.165, 1.54) is 17.0 Å². The topological polar surface area (TPSA) is 85.7 Å². The summed E-state index contributed by atoms with van der Waals surface area (Å²) in [5, 5.41) is 9.73. The van der Waals surface area contributed by atoms with Crippen LogP contribution in [0.25, 0.3) is 17.4 Å². The largest absolute Gasteiger partial charge is 0.507 e. The number of phenols is 1. The molecule has 1 aliphatic rings. The summed E-state index contributed by atoms with van der Waals surface area (Å²) in [5.74, 6) is 0.421. The summed E-state index contributed by atoms with van der Waals surface area (Å²) >= 11 is 1.66. The van der Waals surface area contributed by atoms with Gasteiger partial charge in [-0.3, -0.25) is 4.79 Å². The lowest BCUT2D eigenvalue weighted by atomic mass is 10.1. The second kappa shape index (κ2) is 6.98. The Kier molecular flexibility index (Phi) is 4.51. The van der Waals surface area contributed by atoms with Crippen molar-refractivity contribution in [3.05, 3.63) is 76.4 Å². The van der Waals surface area contributed by atoms with E-state index in [9.17, 15) is 9.90 Å². The maximum atomic E-state index is 11.4. The number of carbonyl (C=O) groups excluding carboxylic acids is 1. The monoisotopic (exact) mass is 379 g/mol. The molecule has 3 aromatic rings. The highest BCUT2D eigenvalue weighted by molar-refractivity contribution is 8.03. The van der Waals surface area contributed by atoms with Gasteiger partial charge in [0.05, 0.1) is 5.56 Å². The molecule has 0 radical (unpaired) electrons. The van der Waals surface area contributed by atoms with Crippen LogP contribution in [0.15, 0.2) is 68.8 Å². The molecule has 0 spiro atoms. The first kappa shape index (κ1) is 17.5. The van der Waals surface area contributed by atoms with Crippen molar-refractivity contribution in [2.45, 2.75) is 11.0 Å². The first-order valence-corrected chi connectivity index (χ1v) is 9.12. The molecule has 0 fully saturated rings. The minimum Gasteiger partial charge on any atom is -0.507 e. The summed E-state index contributed by atoms with van der Waals surface area (Å²) in [6.07, 6.45) is 1.84. The average Bonchev–Trinajstić information content (AvgIpc) is 3.26. The summed E-state index contributed by atoms with van der Waals surface area (Å²) in [6.45, 7) is 0. The van der Waals surface area contributed by atoms with Gasteiger partial charge in [-0.05, 0) is 48.0 Å². The highest BCUT2D eigenvalue weighted by Gasteiger charge is 2.28. The lowest BCUT2D eigenvalue weighted by molar-refractivity contribution is 0.0998. The molecule has 5 nitrogen and oxygen atoms in total. The van der Waals surface area contributed by atoms with Crippen LogP contribution in [0.3, 0.4) is 0 Å². The van der Waals surface area contributed by atoms with Gasteiger partial charge in [0, 0.05) is 22.5 Å². The molecular formula is C21H17NO4S.